The van der Waals surface area contributed by atoms with E-state index >= 15 is 0 Å². The van der Waals surface area contributed by atoms with Gasteiger partial charge in [-0.15, -0.1) is 34.4 Å². The number of nitrogens with two attached hydrogens (primary N) is 2. The van der Waals surface area contributed by atoms with Gasteiger partial charge in [0.25, 0.3) is 11.8 Å². The van der Waals surface area contributed by atoms with Crippen LogP contribution in [0, 0.1) is 0 Å². The first kappa shape index (κ1) is 25.6. The molecular formula is C21H19N9O5S3. The Bertz CT molecular complexity index is 1460. The fourth-order valence-corrected chi connectivity index (χ4v) is 6.24. The molecule has 2 aliphatic heterocycles. The minimum absolute atomic E-state index is 0.0461. The maximum absolute atomic E-state index is 13.2. The van der Waals surface area contributed by atoms with Crippen molar-refractivity contribution in [2.24, 2.45) is 5.16 Å². The number of aliphatic carboxylic acids is 1. The second-order valence-electron chi connectivity index (χ2n) is 7.96. The van der Waals surface area contributed by atoms with E-state index in [0.717, 1.165) is 16.2 Å². The lowest BCUT2D eigenvalue weighted by atomic mass is 10.0. The van der Waals surface area contributed by atoms with E-state index in [9.17, 15) is 19.5 Å². The highest BCUT2D eigenvalue weighted by molar-refractivity contribution is 8.00. The molecule has 2 amide bonds. The minimum atomic E-state index is -1.48. The van der Waals surface area contributed by atoms with Crippen LogP contribution in [-0.2, 0) is 32.4 Å². The van der Waals surface area contributed by atoms with Gasteiger partial charge in [0, 0.05) is 28.2 Å². The molecule has 38 heavy (non-hydrogen) atoms. The van der Waals surface area contributed by atoms with Crippen LogP contribution in [0.3, 0.4) is 0 Å². The van der Waals surface area contributed by atoms with Crippen molar-refractivity contribution in [3.63, 3.8) is 0 Å². The van der Waals surface area contributed by atoms with E-state index in [4.69, 9.17) is 16.3 Å². The van der Waals surface area contributed by atoms with Crippen LogP contribution in [0.2, 0.25) is 0 Å². The van der Waals surface area contributed by atoms with Crippen molar-refractivity contribution in [3.8, 4) is 0 Å². The summed E-state index contributed by atoms with van der Waals surface area (Å²) < 4.78 is 1.56. The summed E-state index contributed by atoms with van der Waals surface area (Å²) in [6.07, 6.45) is 3.26. The molecule has 5 rings (SSSR count). The summed E-state index contributed by atoms with van der Waals surface area (Å²) in [5.74, 6) is -2.50. The number of nitrogens with one attached hydrogen (secondary N) is 1. The molecule has 3 aromatic rings. The Hall–Kier alpha value is -4.09. The summed E-state index contributed by atoms with van der Waals surface area (Å²) in [6.45, 7) is 0.129. The van der Waals surface area contributed by atoms with Gasteiger partial charge in [-0.3, -0.25) is 14.5 Å². The number of nitrogen functional groups attached to an aromatic ring is 2. The number of carboxylic acid groups (broad SMARTS) is 1. The van der Waals surface area contributed by atoms with E-state index in [2.05, 4.69) is 25.5 Å². The quantitative estimate of drug-likeness (QED) is 0.116. The molecule has 14 nitrogen and oxygen atoms in total. The molecule has 1 unspecified atom stereocenters. The van der Waals surface area contributed by atoms with Crippen molar-refractivity contribution in [1.29, 1.82) is 0 Å². The maximum atomic E-state index is 13.2. The van der Waals surface area contributed by atoms with Gasteiger partial charge in [-0.1, -0.05) is 9.84 Å². The van der Waals surface area contributed by atoms with Gasteiger partial charge < -0.3 is 31.5 Å². The highest BCUT2D eigenvalue weighted by Crippen LogP contribution is 2.40. The first-order valence-corrected chi connectivity index (χ1v) is 13.7. The van der Waals surface area contributed by atoms with Gasteiger partial charge in [0.2, 0.25) is 0 Å². The first-order valence-electron chi connectivity index (χ1n) is 10.9. The van der Waals surface area contributed by atoms with Crippen LogP contribution in [0.15, 0.2) is 51.7 Å². The van der Waals surface area contributed by atoms with Crippen molar-refractivity contribution < 1.29 is 29.0 Å². The van der Waals surface area contributed by atoms with Gasteiger partial charge in [-0.05, 0) is 11.2 Å². The number of rotatable bonds is 9. The summed E-state index contributed by atoms with van der Waals surface area (Å²) in [4.78, 5) is 52.8. The number of fused-ring (bicyclic) bond motifs is 1. The molecule has 2 atom stereocenters. The van der Waals surface area contributed by atoms with Crippen LogP contribution in [0.5, 0.6) is 0 Å². The predicted molar refractivity (Wildman–Crippen MR) is 136 cm³/mol. The molecule has 0 bridgehead atoms. The predicted octanol–water partition coefficient (Wildman–Crippen LogP) is -1.53. The Morgan fingerprint density at radius 2 is 2.03 bits per heavy atom. The molecule has 5 heterocycles. The molecule has 0 radical (unpaired) electrons. The molecule has 0 spiro atoms. The smallest absolute Gasteiger partial charge is 0.276 e. The van der Waals surface area contributed by atoms with Gasteiger partial charge in [0.1, 0.15) is 17.1 Å². The van der Waals surface area contributed by atoms with Crippen molar-refractivity contribution in [3.05, 3.63) is 57.9 Å². The summed E-state index contributed by atoms with van der Waals surface area (Å²) in [7, 11) is 0. The molecule has 0 aromatic carbocycles. The minimum Gasteiger partial charge on any atom is -0.543 e. The van der Waals surface area contributed by atoms with Crippen LogP contribution in [0.1, 0.15) is 11.4 Å². The molecule has 3 aromatic heterocycles. The van der Waals surface area contributed by atoms with Gasteiger partial charge in [-0.25, -0.2) is 9.97 Å². The Morgan fingerprint density at radius 1 is 1.24 bits per heavy atom. The van der Waals surface area contributed by atoms with E-state index in [1.807, 2.05) is 0 Å². The molecular weight excluding hydrogens is 554 g/mol. The van der Waals surface area contributed by atoms with Gasteiger partial charge in [-0.2, -0.15) is 0 Å². The van der Waals surface area contributed by atoms with Crippen molar-refractivity contribution in [1.82, 2.24) is 25.3 Å². The third-order valence-corrected chi connectivity index (χ3v) is 8.20. The zero-order valence-corrected chi connectivity index (χ0v) is 21.8. The zero-order chi connectivity index (χ0) is 26.8. The van der Waals surface area contributed by atoms with E-state index in [0.29, 0.717) is 22.2 Å². The molecule has 0 aliphatic carbocycles. The molecule has 196 valence electrons. The number of nitrogens with zero attached hydrogens (tertiary/aromatic N) is 6. The van der Waals surface area contributed by atoms with Crippen LogP contribution in [0.4, 0.5) is 10.3 Å². The lowest BCUT2D eigenvalue weighted by molar-refractivity contribution is -0.746. The zero-order valence-electron chi connectivity index (χ0n) is 19.3. The summed E-state index contributed by atoms with van der Waals surface area (Å²) >= 11 is 3.66. The number of anilines is 2. The van der Waals surface area contributed by atoms with Crippen molar-refractivity contribution in [2.45, 2.75) is 24.6 Å². The van der Waals surface area contributed by atoms with E-state index in [1.165, 1.54) is 28.5 Å². The number of hydrogen-bond donors (Lipinski definition) is 3. The van der Waals surface area contributed by atoms with Crippen molar-refractivity contribution in [2.75, 3.05) is 17.2 Å². The second-order valence-corrected chi connectivity index (χ2v) is 10.8. The van der Waals surface area contributed by atoms with Crippen LogP contribution < -0.4 is 26.6 Å². The molecule has 0 saturated carbocycles. The highest BCUT2D eigenvalue weighted by atomic mass is 32.2. The van der Waals surface area contributed by atoms with Crippen molar-refractivity contribution >= 4 is 68.2 Å². The average molecular weight is 574 g/mol. The summed E-state index contributed by atoms with van der Waals surface area (Å²) in [6, 6.07) is 2.50. The van der Waals surface area contributed by atoms with Gasteiger partial charge in [0.15, 0.2) is 35.3 Å². The number of thiazole rings is 2. The SMILES string of the molecule is Nc1nc(CON=C(C(=O)NC2C(=O)N3C(C(=O)[O-])=C(C[n+]4ccccn4)CS[C@H]23)c2csc(N)n2)cs1. The molecule has 1 saturated heterocycles. The Balaban J connectivity index is 1.32. The number of oxime groups is 1. The molecule has 1 fully saturated rings. The van der Waals surface area contributed by atoms with Crippen LogP contribution >= 0.6 is 34.4 Å². The average Bonchev–Trinajstić information content (AvgIpc) is 3.52. The largest absolute Gasteiger partial charge is 0.543 e. The fraction of sp³-hybridized carbons (Fsp3) is 0.238. The number of carbonyl (C=O) groups excluding carboxylic acids is 3. The van der Waals surface area contributed by atoms with Crippen LogP contribution in [-0.4, -0.2) is 60.6 Å². The topological polar surface area (TPSA) is 206 Å². The molecule has 2 aliphatic rings. The second kappa shape index (κ2) is 10.7. The highest BCUT2D eigenvalue weighted by Gasteiger charge is 2.53. The number of amides is 2. The third-order valence-electron chi connectivity index (χ3n) is 5.47. The van der Waals surface area contributed by atoms with E-state index in [-0.39, 0.29) is 35.4 Å². The van der Waals surface area contributed by atoms with Crippen LogP contribution in [0.25, 0.3) is 0 Å². The number of β-lactam (4-membered cyclic amide) rings is 1. The Labute approximate surface area is 227 Å². The molecule has 17 heteroatoms. The standard InChI is InChI=1S/C21H19N9O5S3/c22-20-25-11(8-37-20)6-35-28-13(12-9-38-21(23)26-12)16(31)27-14-17(32)30-15(19(33)34)10(7-36-18(14)30)5-29-4-2-1-3-24-29/h1-4,8-9,14,18H,5-7H2,(H5-,22,23,25,26,27,31,33,34)/t14?,18-/m1/s1. The normalized spacial score (nSPS) is 19.1. The number of carboxylic acids is 1. The van der Waals surface area contributed by atoms with E-state index in [1.54, 1.807) is 34.6 Å². The summed E-state index contributed by atoms with van der Waals surface area (Å²) in [5.41, 5.74) is 12.1. The van der Waals surface area contributed by atoms with Gasteiger partial charge in [0.05, 0.1) is 23.6 Å². The lowest BCUT2D eigenvalue weighted by Gasteiger charge is -2.50. The summed E-state index contributed by atoms with van der Waals surface area (Å²) in [5, 5.41) is 25.8. The Morgan fingerprint density at radius 3 is 2.68 bits per heavy atom. The van der Waals surface area contributed by atoms with Gasteiger partial charge >= 0.3 is 0 Å². The lowest BCUT2D eigenvalue weighted by Crippen LogP contribution is -2.71. The molecule has 5 N–H and O–H groups in total. The first-order chi connectivity index (χ1) is 18.3. The number of thioether (sulfide) groups is 1. The maximum Gasteiger partial charge on any atom is 0.276 e. The monoisotopic (exact) mass is 573 g/mol. The fourth-order valence-electron chi connectivity index (χ4n) is 3.81. The number of carbonyl (C=O) groups is 3. The number of aromatic nitrogens is 4. The number of hydrogen-bond acceptors (Lipinski definition) is 14. The third kappa shape index (κ3) is 5.15. The Kier molecular flexibility index (Phi) is 7.21. The van der Waals surface area contributed by atoms with E-state index < -0.39 is 29.2 Å².